The van der Waals surface area contributed by atoms with Gasteiger partial charge >= 0.3 is 13.1 Å². The highest BCUT2D eigenvalue weighted by Crippen LogP contribution is 2.34. The van der Waals surface area contributed by atoms with Crippen LogP contribution in [0.5, 0.6) is 11.5 Å². The molecule has 2 heterocycles. The average molecular weight is 393 g/mol. The van der Waals surface area contributed by atoms with Crippen LogP contribution in [0.3, 0.4) is 0 Å². The fraction of sp³-hybridized carbons (Fsp3) is 0.529. The topological polar surface area (TPSA) is 166 Å². The molecular formula is C17H24BN3O7. The zero-order valence-corrected chi connectivity index (χ0v) is 15.2. The molecule has 3 rings (SSSR count). The van der Waals surface area contributed by atoms with E-state index in [-0.39, 0.29) is 53.7 Å². The lowest BCUT2D eigenvalue weighted by Crippen LogP contribution is -2.59. The highest BCUT2D eigenvalue weighted by Gasteiger charge is 2.38. The van der Waals surface area contributed by atoms with Crippen LogP contribution in [-0.2, 0) is 11.2 Å². The second-order valence-electron chi connectivity index (χ2n) is 7.21. The van der Waals surface area contributed by atoms with Gasteiger partial charge in [-0.25, -0.2) is 4.79 Å². The van der Waals surface area contributed by atoms with Crippen molar-refractivity contribution in [1.82, 2.24) is 10.2 Å². The van der Waals surface area contributed by atoms with Crippen LogP contribution in [0.15, 0.2) is 12.1 Å². The number of hydrogen-bond acceptors (Lipinski definition) is 8. The van der Waals surface area contributed by atoms with Gasteiger partial charge in [0.2, 0.25) is 5.91 Å². The van der Waals surface area contributed by atoms with Crippen LogP contribution in [-0.4, -0.2) is 82.0 Å². The third-order valence-electron chi connectivity index (χ3n) is 5.03. The molecule has 11 heteroatoms. The maximum Gasteiger partial charge on any atom is 0.451 e. The van der Waals surface area contributed by atoms with Crippen molar-refractivity contribution >= 4 is 19.0 Å². The molecule has 28 heavy (non-hydrogen) atoms. The summed E-state index contributed by atoms with van der Waals surface area (Å²) in [6, 6.07) is 2.60. The lowest BCUT2D eigenvalue weighted by Gasteiger charge is -2.40. The van der Waals surface area contributed by atoms with Gasteiger partial charge in [0.1, 0.15) is 23.2 Å². The molecule has 2 saturated heterocycles. The smallest absolute Gasteiger partial charge is 0.451 e. The van der Waals surface area contributed by atoms with Gasteiger partial charge in [-0.1, -0.05) is 6.07 Å². The number of aromatic carboxylic acids is 1. The van der Waals surface area contributed by atoms with Crippen molar-refractivity contribution in [2.24, 2.45) is 5.73 Å². The van der Waals surface area contributed by atoms with Crippen LogP contribution in [0.25, 0.3) is 0 Å². The monoisotopic (exact) mass is 393 g/mol. The largest absolute Gasteiger partial charge is 0.507 e. The number of nitrogens with two attached hydrogens (primary N) is 1. The van der Waals surface area contributed by atoms with E-state index in [1.54, 1.807) is 4.90 Å². The van der Waals surface area contributed by atoms with Gasteiger partial charge in [0.15, 0.2) is 0 Å². The summed E-state index contributed by atoms with van der Waals surface area (Å²) in [4.78, 5) is 25.5. The number of hydrogen-bond donors (Lipinski definition) is 6. The number of benzene rings is 1. The van der Waals surface area contributed by atoms with Crippen LogP contribution < -0.4 is 15.8 Å². The molecule has 10 nitrogen and oxygen atoms in total. The van der Waals surface area contributed by atoms with E-state index in [0.29, 0.717) is 26.1 Å². The minimum atomic E-state index is -1.55. The van der Waals surface area contributed by atoms with E-state index in [0.717, 1.165) is 0 Å². The van der Waals surface area contributed by atoms with Crippen LogP contribution >= 0.6 is 0 Å². The van der Waals surface area contributed by atoms with Crippen molar-refractivity contribution in [2.75, 3.05) is 19.6 Å². The van der Waals surface area contributed by atoms with Gasteiger partial charge < -0.3 is 40.9 Å². The highest BCUT2D eigenvalue weighted by atomic mass is 16.5. The van der Waals surface area contributed by atoms with Gasteiger partial charge in [-0.15, -0.1) is 0 Å². The number of amides is 1. The lowest BCUT2D eigenvalue weighted by atomic mass is 9.82. The minimum Gasteiger partial charge on any atom is -0.507 e. The third-order valence-corrected chi connectivity index (χ3v) is 5.03. The SMILES string of the molecule is N[C@H]1CN[C@H](C(=O)N2CC(Oc3ccc(CCB(O)O)c(O)c3C(=O)O)C2)C1. The molecule has 0 saturated carbocycles. The Labute approximate surface area is 162 Å². The fourth-order valence-electron chi connectivity index (χ4n) is 3.45. The van der Waals surface area contributed by atoms with E-state index in [1.165, 1.54) is 12.1 Å². The zero-order valence-electron chi connectivity index (χ0n) is 15.2. The third kappa shape index (κ3) is 4.38. The summed E-state index contributed by atoms with van der Waals surface area (Å²) >= 11 is 0. The number of phenols is 1. The minimum absolute atomic E-state index is 0.0106. The molecule has 0 spiro atoms. The molecular weight excluding hydrogens is 369 g/mol. The summed E-state index contributed by atoms with van der Waals surface area (Å²) in [7, 11) is -1.55. The van der Waals surface area contributed by atoms with Crippen molar-refractivity contribution in [3.8, 4) is 11.5 Å². The standard InChI is InChI=1S/C17H24BN3O7/c19-10-5-12(20-6-10)16(23)21-7-11(8-21)28-13-2-1-9(3-4-18(26)27)15(22)14(13)17(24)25/h1-2,10-12,20,22,26-27H,3-8,19H2,(H,24,25)/t10-,12+/m1/s1. The number of nitrogens with zero attached hydrogens (tertiary/aromatic N) is 1. The summed E-state index contributed by atoms with van der Waals surface area (Å²) in [6.45, 7) is 1.25. The average Bonchev–Trinajstić information content (AvgIpc) is 3.02. The van der Waals surface area contributed by atoms with Crippen LogP contribution in [0.2, 0.25) is 6.32 Å². The van der Waals surface area contributed by atoms with E-state index < -0.39 is 18.8 Å². The maximum absolute atomic E-state index is 12.3. The molecule has 0 bridgehead atoms. The van der Waals surface area contributed by atoms with Crippen molar-refractivity contribution in [3.63, 3.8) is 0 Å². The number of carbonyl (C=O) groups is 2. The Hall–Kier alpha value is -2.34. The van der Waals surface area contributed by atoms with Crippen LogP contribution in [0, 0.1) is 0 Å². The Balaban J connectivity index is 1.62. The molecule has 2 aliphatic rings. The Kier molecular flexibility index (Phi) is 6.09. The normalized spacial score (nSPS) is 22.0. The summed E-state index contributed by atoms with van der Waals surface area (Å²) in [5, 5.41) is 40.7. The van der Waals surface area contributed by atoms with Crippen molar-refractivity contribution < 1.29 is 34.6 Å². The summed E-state index contributed by atoms with van der Waals surface area (Å²) in [5.41, 5.74) is 5.70. The number of carbonyl (C=O) groups excluding carboxylic acids is 1. The van der Waals surface area contributed by atoms with Gasteiger partial charge in [-0.3, -0.25) is 4.79 Å². The van der Waals surface area contributed by atoms with Crippen molar-refractivity contribution in [1.29, 1.82) is 0 Å². The molecule has 0 radical (unpaired) electrons. The second kappa shape index (κ2) is 8.35. The molecule has 2 atom stereocenters. The molecule has 0 unspecified atom stereocenters. The predicted octanol–water partition coefficient (Wildman–Crippen LogP) is -1.62. The van der Waals surface area contributed by atoms with Crippen molar-refractivity contribution in [2.45, 2.75) is 37.3 Å². The molecule has 1 aromatic carbocycles. The summed E-state index contributed by atoms with van der Waals surface area (Å²) in [6.07, 6.45) is 0.279. The molecule has 0 aliphatic carbocycles. The Morgan fingerprint density at radius 1 is 1.32 bits per heavy atom. The van der Waals surface area contributed by atoms with Gasteiger partial charge in [-0.2, -0.15) is 0 Å². The number of carboxylic acid groups (broad SMARTS) is 1. The molecule has 152 valence electrons. The number of rotatable bonds is 7. The number of aryl methyl sites for hydroxylation is 1. The van der Waals surface area contributed by atoms with Gasteiger partial charge in [-0.05, 0) is 30.8 Å². The predicted molar refractivity (Wildman–Crippen MR) is 99.1 cm³/mol. The van der Waals surface area contributed by atoms with E-state index in [1.807, 2.05) is 0 Å². The Morgan fingerprint density at radius 2 is 2.04 bits per heavy atom. The lowest BCUT2D eigenvalue weighted by molar-refractivity contribution is -0.142. The molecule has 0 aromatic heterocycles. The van der Waals surface area contributed by atoms with E-state index in [4.69, 9.17) is 20.5 Å². The highest BCUT2D eigenvalue weighted by molar-refractivity contribution is 6.41. The van der Waals surface area contributed by atoms with Gasteiger partial charge in [0.25, 0.3) is 0 Å². The zero-order chi connectivity index (χ0) is 20.4. The summed E-state index contributed by atoms with van der Waals surface area (Å²) in [5.74, 6) is -1.85. The van der Waals surface area contributed by atoms with E-state index >= 15 is 0 Å². The molecule has 1 amide bonds. The first-order valence-electron chi connectivity index (χ1n) is 9.15. The first-order valence-corrected chi connectivity index (χ1v) is 9.15. The molecule has 1 aromatic rings. The molecule has 2 aliphatic heterocycles. The van der Waals surface area contributed by atoms with Gasteiger partial charge in [0.05, 0.1) is 19.1 Å². The van der Waals surface area contributed by atoms with Crippen molar-refractivity contribution in [3.05, 3.63) is 23.3 Å². The Morgan fingerprint density at radius 3 is 2.61 bits per heavy atom. The first kappa shape index (κ1) is 20.4. The number of likely N-dealkylation sites (tertiary alicyclic amines) is 1. The Bertz CT molecular complexity index is 755. The first-order chi connectivity index (χ1) is 13.3. The second-order valence-corrected chi connectivity index (χ2v) is 7.21. The van der Waals surface area contributed by atoms with Crippen LogP contribution in [0.4, 0.5) is 0 Å². The number of ether oxygens (including phenoxy) is 1. The number of carboxylic acids is 1. The number of aromatic hydroxyl groups is 1. The van der Waals surface area contributed by atoms with E-state index in [2.05, 4.69) is 5.32 Å². The van der Waals surface area contributed by atoms with Gasteiger partial charge in [0, 0.05) is 12.6 Å². The molecule has 2 fully saturated rings. The van der Waals surface area contributed by atoms with Crippen LogP contribution in [0.1, 0.15) is 22.3 Å². The quantitative estimate of drug-likeness (QED) is 0.299. The number of nitrogens with one attached hydrogen (secondary N) is 1. The summed E-state index contributed by atoms with van der Waals surface area (Å²) < 4.78 is 5.69. The maximum atomic E-state index is 12.3. The molecule has 7 N–H and O–H groups in total. The fourth-order valence-corrected chi connectivity index (χ4v) is 3.45. The van der Waals surface area contributed by atoms with E-state index in [9.17, 15) is 19.8 Å².